The maximum Gasteiger partial charge on any atom is 0.247 e. The first kappa shape index (κ1) is 31.9. The first-order chi connectivity index (χ1) is 21.0. The van der Waals surface area contributed by atoms with E-state index in [2.05, 4.69) is 10.6 Å². The number of phenols is 1. The Hall–Kier alpha value is -3.53. The highest BCUT2D eigenvalue weighted by atomic mass is 16.7. The minimum absolute atomic E-state index is 0.00990. The van der Waals surface area contributed by atoms with Crippen LogP contribution >= 0.6 is 0 Å². The molecule has 2 aromatic carbocycles. The van der Waals surface area contributed by atoms with Crippen molar-refractivity contribution in [2.75, 3.05) is 18.7 Å². The molecule has 0 radical (unpaired) electrons. The number of aliphatic hydroxyl groups excluding tert-OH is 5. The lowest BCUT2D eigenvalue weighted by atomic mass is 9.83. The van der Waals surface area contributed by atoms with Crippen LogP contribution in [0.1, 0.15) is 19.4 Å². The second kappa shape index (κ2) is 13.6. The summed E-state index contributed by atoms with van der Waals surface area (Å²) in [4.78, 5) is 12.9. The van der Waals surface area contributed by atoms with E-state index >= 15 is 0 Å². The fourth-order valence-corrected chi connectivity index (χ4v) is 5.51. The largest absolute Gasteiger partial charge is 0.504 e. The van der Waals surface area contributed by atoms with Gasteiger partial charge in [0, 0.05) is 17.8 Å². The molecule has 3 fully saturated rings. The Morgan fingerprint density at radius 3 is 2.34 bits per heavy atom. The molecule has 8 N–H and O–H groups in total. The molecule has 2 heterocycles. The summed E-state index contributed by atoms with van der Waals surface area (Å²) in [6.07, 6.45) is -7.35. The summed E-state index contributed by atoms with van der Waals surface area (Å²) >= 11 is 0. The molecule has 2 saturated heterocycles. The number of aromatic hydroxyl groups is 1. The molecule has 2 aromatic rings. The number of hydrogen-bond donors (Lipinski definition) is 8. The molecule has 238 valence electrons. The molecule has 3 aliphatic rings. The van der Waals surface area contributed by atoms with Crippen molar-refractivity contribution in [1.82, 2.24) is 5.32 Å². The highest BCUT2D eigenvalue weighted by Crippen LogP contribution is 2.34. The number of anilines is 1. The zero-order valence-electron chi connectivity index (χ0n) is 24.2. The zero-order chi connectivity index (χ0) is 31.5. The standard InChI is InChI=1S/C31H38N2O11/c1-15(10-11-32-18-6-4-3-5-7-18)27-25(38)26(39)31(44-27)43-20-9-8-17(13-19(20)34)12-16(2)30(40)33-21-22(35)24(37)29-28(23(21)36)41-14-42-29/h3-10,12-13,21-29,31-32,34-39H,11,14H2,1-2H3,(H,33,40)/t21-,22+,23-,24-,25+,26+,27-,28+,29-,31-/m1/s1. The van der Waals surface area contributed by atoms with Crippen LogP contribution in [0.15, 0.2) is 65.8 Å². The first-order valence-electron chi connectivity index (χ1n) is 14.3. The molecule has 0 bridgehead atoms. The fourth-order valence-electron chi connectivity index (χ4n) is 5.51. The normalized spacial score (nSPS) is 34.0. The van der Waals surface area contributed by atoms with Gasteiger partial charge >= 0.3 is 0 Å². The van der Waals surface area contributed by atoms with Gasteiger partial charge in [-0.2, -0.15) is 0 Å². The number of rotatable bonds is 9. The van der Waals surface area contributed by atoms with Crippen molar-refractivity contribution in [3.8, 4) is 11.5 Å². The van der Waals surface area contributed by atoms with Gasteiger partial charge in [0.05, 0.1) is 6.04 Å². The number of benzene rings is 2. The molecule has 1 amide bonds. The summed E-state index contributed by atoms with van der Waals surface area (Å²) < 4.78 is 22.0. The molecule has 0 aromatic heterocycles. The SMILES string of the molecule is CC(=Cc1ccc(O[C@@H]2O[C@H](C(C)=CCNc3ccccc3)[C@@H](O)[C@@H]2O)c(O)c1)C(=O)N[C@@H]1[C@H](O)[C@@H](O)[C@H]2OCO[C@H]2[C@@H]1O. The van der Waals surface area contributed by atoms with Crippen LogP contribution < -0.4 is 15.4 Å². The maximum atomic E-state index is 12.9. The number of hydrogen-bond acceptors (Lipinski definition) is 12. The summed E-state index contributed by atoms with van der Waals surface area (Å²) in [6, 6.07) is 12.7. The average molecular weight is 615 g/mol. The molecule has 13 nitrogen and oxygen atoms in total. The van der Waals surface area contributed by atoms with Crippen LogP contribution in [-0.4, -0.2) is 111 Å². The van der Waals surface area contributed by atoms with Gasteiger partial charge in [-0.1, -0.05) is 30.3 Å². The molecule has 2 aliphatic heterocycles. The van der Waals surface area contributed by atoms with Gasteiger partial charge in [-0.15, -0.1) is 0 Å². The highest BCUT2D eigenvalue weighted by Gasteiger charge is 2.53. The number of aliphatic hydroxyl groups is 5. The topological polar surface area (TPSA) is 199 Å². The van der Waals surface area contributed by atoms with E-state index in [0.29, 0.717) is 17.7 Å². The summed E-state index contributed by atoms with van der Waals surface area (Å²) in [7, 11) is 0. The molecule has 1 saturated carbocycles. The van der Waals surface area contributed by atoms with Crippen molar-refractivity contribution in [2.45, 2.75) is 75.0 Å². The van der Waals surface area contributed by atoms with Gasteiger partial charge in [-0.05, 0) is 55.3 Å². The second-order valence-electron chi connectivity index (χ2n) is 11.1. The van der Waals surface area contributed by atoms with Gasteiger partial charge in [0.1, 0.15) is 55.6 Å². The van der Waals surface area contributed by atoms with Gasteiger partial charge < -0.3 is 60.2 Å². The van der Waals surface area contributed by atoms with Gasteiger partial charge in [-0.25, -0.2) is 0 Å². The smallest absolute Gasteiger partial charge is 0.247 e. The Labute approximate surface area is 254 Å². The monoisotopic (exact) mass is 614 g/mol. The van der Waals surface area contributed by atoms with E-state index in [-0.39, 0.29) is 23.9 Å². The predicted octanol–water partition coefficient (Wildman–Crippen LogP) is 0.00200. The van der Waals surface area contributed by atoms with Crippen LogP contribution in [0.5, 0.6) is 11.5 Å². The third-order valence-corrected chi connectivity index (χ3v) is 8.04. The zero-order valence-corrected chi connectivity index (χ0v) is 24.2. The van der Waals surface area contributed by atoms with Crippen molar-refractivity contribution in [3.63, 3.8) is 0 Å². The second-order valence-corrected chi connectivity index (χ2v) is 11.1. The average Bonchev–Trinajstić information content (AvgIpc) is 3.61. The summed E-state index contributed by atoms with van der Waals surface area (Å²) in [6.45, 7) is 3.61. The lowest BCUT2D eigenvalue weighted by molar-refractivity contribution is -0.155. The molecule has 0 unspecified atom stereocenters. The molecule has 10 atom stereocenters. The van der Waals surface area contributed by atoms with Crippen molar-refractivity contribution in [2.24, 2.45) is 0 Å². The van der Waals surface area contributed by atoms with Gasteiger partial charge in [0.2, 0.25) is 12.2 Å². The van der Waals surface area contributed by atoms with E-state index in [1.165, 1.54) is 25.1 Å². The molecule has 44 heavy (non-hydrogen) atoms. The third-order valence-electron chi connectivity index (χ3n) is 8.04. The number of para-hydroxylation sites is 1. The molecule has 1 aliphatic carbocycles. The lowest BCUT2D eigenvalue weighted by Crippen LogP contribution is -2.67. The van der Waals surface area contributed by atoms with Gasteiger partial charge in [-0.3, -0.25) is 4.79 Å². The number of phenolic OH excluding ortho intramolecular Hbond substituents is 1. The molecule has 0 spiro atoms. The van der Waals surface area contributed by atoms with Crippen LogP contribution in [0.25, 0.3) is 6.08 Å². The van der Waals surface area contributed by atoms with Crippen molar-refractivity contribution in [1.29, 1.82) is 0 Å². The van der Waals surface area contributed by atoms with Crippen LogP contribution in [0.2, 0.25) is 0 Å². The Morgan fingerprint density at radius 1 is 0.932 bits per heavy atom. The first-order valence-corrected chi connectivity index (χ1v) is 14.3. The number of nitrogens with one attached hydrogen (secondary N) is 2. The number of fused-ring (bicyclic) bond motifs is 1. The summed E-state index contributed by atoms with van der Waals surface area (Å²) in [5.41, 5.74) is 2.23. The van der Waals surface area contributed by atoms with E-state index < -0.39 is 67.1 Å². The van der Waals surface area contributed by atoms with Crippen LogP contribution in [0.3, 0.4) is 0 Å². The fraction of sp³-hybridized carbons (Fsp3) is 0.452. The minimum atomic E-state index is -1.48. The third kappa shape index (κ3) is 6.75. The van der Waals surface area contributed by atoms with Crippen molar-refractivity contribution >= 4 is 17.7 Å². The van der Waals surface area contributed by atoms with Gasteiger partial charge in [0.15, 0.2) is 11.5 Å². The van der Waals surface area contributed by atoms with Crippen LogP contribution in [-0.2, 0) is 19.0 Å². The quantitative estimate of drug-likeness (QED) is 0.139. The summed E-state index contributed by atoms with van der Waals surface area (Å²) in [5, 5.41) is 68.9. The van der Waals surface area contributed by atoms with Crippen LogP contribution in [0.4, 0.5) is 5.69 Å². The van der Waals surface area contributed by atoms with E-state index in [1.807, 2.05) is 36.4 Å². The van der Waals surface area contributed by atoms with E-state index in [9.17, 15) is 35.4 Å². The Bertz CT molecular complexity index is 1370. The number of amides is 1. The Kier molecular flexibility index (Phi) is 9.87. The molecular formula is C31H38N2O11. The van der Waals surface area contributed by atoms with E-state index in [0.717, 1.165) is 5.69 Å². The lowest BCUT2D eigenvalue weighted by Gasteiger charge is -2.41. The molecular weight excluding hydrogens is 576 g/mol. The molecule has 5 rings (SSSR count). The van der Waals surface area contributed by atoms with E-state index in [1.54, 1.807) is 13.0 Å². The number of ether oxygens (including phenoxy) is 4. The Balaban J connectivity index is 1.18. The van der Waals surface area contributed by atoms with E-state index in [4.69, 9.17) is 18.9 Å². The number of carbonyl (C=O) groups excluding carboxylic acids is 1. The molecule has 13 heteroatoms. The highest BCUT2D eigenvalue weighted by molar-refractivity contribution is 5.97. The summed E-state index contributed by atoms with van der Waals surface area (Å²) in [5.74, 6) is -0.933. The van der Waals surface area contributed by atoms with Crippen molar-refractivity contribution < 1.29 is 54.4 Å². The Morgan fingerprint density at radius 2 is 1.64 bits per heavy atom. The number of carbonyl (C=O) groups is 1. The predicted molar refractivity (Wildman–Crippen MR) is 156 cm³/mol. The van der Waals surface area contributed by atoms with Crippen molar-refractivity contribution in [3.05, 3.63) is 71.3 Å². The van der Waals surface area contributed by atoms with Crippen LogP contribution in [0, 0.1) is 0 Å². The van der Waals surface area contributed by atoms with Gasteiger partial charge in [0.25, 0.3) is 0 Å². The maximum absolute atomic E-state index is 12.9. The minimum Gasteiger partial charge on any atom is -0.504 e.